The maximum atomic E-state index is 2.38. The van der Waals surface area contributed by atoms with Gasteiger partial charge in [-0.25, -0.2) is 0 Å². The van der Waals surface area contributed by atoms with E-state index in [9.17, 15) is 0 Å². The molecule has 0 aliphatic heterocycles. The van der Waals surface area contributed by atoms with Crippen molar-refractivity contribution in [1.82, 2.24) is 0 Å². The Balaban J connectivity index is 1.47. The zero-order valence-electron chi connectivity index (χ0n) is 20.9. The minimum Gasteiger partial charge on any atom is -0.378 e. The lowest BCUT2D eigenvalue weighted by Crippen LogP contribution is -2.25. The van der Waals surface area contributed by atoms with Crippen LogP contribution in [0.3, 0.4) is 0 Å². The lowest BCUT2D eigenvalue weighted by Gasteiger charge is -2.30. The highest BCUT2D eigenvalue weighted by molar-refractivity contribution is 5.95. The van der Waals surface area contributed by atoms with Crippen molar-refractivity contribution in [2.45, 2.75) is 5.41 Å². The Bertz CT molecular complexity index is 1600. The third-order valence-electron chi connectivity index (χ3n) is 8.10. The number of benzene rings is 5. The van der Waals surface area contributed by atoms with Crippen molar-refractivity contribution in [1.29, 1.82) is 0 Å². The van der Waals surface area contributed by atoms with Gasteiger partial charge in [-0.2, -0.15) is 0 Å². The molecule has 5 aromatic rings. The summed E-state index contributed by atoms with van der Waals surface area (Å²) in [5, 5.41) is 0. The molecule has 7 rings (SSSR count). The van der Waals surface area contributed by atoms with E-state index in [0.29, 0.717) is 0 Å². The van der Waals surface area contributed by atoms with Gasteiger partial charge in [-0.1, -0.05) is 84.9 Å². The zero-order chi connectivity index (χ0) is 24.4. The lowest BCUT2D eigenvalue weighted by molar-refractivity contribution is 0.793. The third-order valence-corrected chi connectivity index (χ3v) is 8.10. The summed E-state index contributed by atoms with van der Waals surface area (Å²) in [7, 11) is 6.33. The van der Waals surface area contributed by atoms with Gasteiger partial charge < -0.3 is 9.80 Å². The summed E-state index contributed by atoms with van der Waals surface area (Å²) in [6.07, 6.45) is 0. The summed E-state index contributed by atoms with van der Waals surface area (Å²) < 4.78 is 0. The summed E-state index contributed by atoms with van der Waals surface area (Å²) in [5.41, 5.74) is 14.2. The van der Waals surface area contributed by atoms with Gasteiger partial charge >= 0.3 is 0 Å². The molecule has 2 nitrogen and oxygen atoms in total. The van der Waals surface area contributed by atoms with Gasteiger partial charge in [0.25, 0.3) is 0 Å². The fraction of sp³-hybridized carbons (Fsp3) is 0.118. The summed E-state index contributed by atoms with van der Waals surface area (Å²) >= 11 is 0. The largest absolute Gasteiger partial charge is 0.378 e. The van der Waals surface area contributed by atoms with Crippen LogP contribution in [0.25, 0.3) is 22.3 Å². The van der Waals surface area contributed by atoms with Gasteiger partial charge in [0.1, 0.15) is 0 Å². The highest BCUT2D eigenvalue weighted by atomic mass is 15.1. The van der Waals surface area contributed by atoms with Gasteiger partial charge in [-0.3, -0.25) is 0 Å². The van der Waals surface area contributed by atoms with Gasteiger partial charge in [0, 0.05) is 38.2 Å². The molecule has 0 N–H and O–H groups in total. The van der Waals surface area contributed by atoms with Crippen LogP contribution in [0.2, 0.25) is 0 Å². The van der Waals surface area contributed by atoms with E-state index in [0.717, 1.165) is 0 Å². The minimum absolute atomic E-state index is 0.277. The maximum absolute atomic E-state index is 2.38. The van der Waals surface area contributed by atoms with Crippen molar-refractivity contribution in [3.8, 4) is 22.3 Å². The molecule has 0 amide bonds. The molecule has 0 fully saturated rings. The van der Waals surface area contributed by atoms with Crippen LogP contribution in [-0.4, -0.2) is 21.1 Å². The summed E-state index contributed by atoms with van der Waals surface area (Å²) in [6, 6.07) is 42.7. The van der Waals surface area contributed by atoms with E-state index in [1.165, 1.54) is 61.6 Å². The molecule has 0 atom stereocenters. The molecule has 0 unspecified atom stereocenters. The Labute approximate surface area is 213 Å². The zero-order valence-corrected chi connectivity index (χ0v) is 20.9. The van der Waals surface area contributed by atoms with E-state index in [2.05, 4.69) is 146 Å². The van der Waals surface area contributed by atoms with Gasteiger partial charge in [-0.15, -0.1) is 0 Å². The molecular weight excluding hydrogens is 436 g/mol. The average molecular weight is 465 g/mol. The van der Waals surface area contributed by atoms with E-state index in [1.807, 2.05) is 0 Å². The number of rotatable bonds is 3. The van der Waals surface area contributed by atoms with Crippen molar-refractivity contribution < 1.29 is 0 Å². The fourth-order valence-electron chi connectivity index (χ4n) is 6.43. The van der Waals surface area contributed by atoms with Gasteiger partial charge in [0.05, 0.1) is 5.41 Å². The Morgan fingerprint density at radius 3 is 1.47 bits per heavy atom. The van der Waals surface area contributed by atoms with E-state index >= 15 is 0 Å². The molecule has 5 aromatic carbocycles. The predicted molar refractivity (Wildman–Crippen MR) is 152 cm³/mol. The van der Waals surface area contributed by atoms with Crippen LogP contribution < -0.4 is 9.80 Å². The summed E-state index contributed by atoms with van der Waals surface area (Å²) in [5.74, 6) is 0. The van der Waals surface area contributed by atoms with Crippen molar-refractivity contribution in [3.05, 3.63) is 138 Å². The molecule has 0 bridgehead atoms. The smallest absolute Gasteiger partial charge is 0.0725 e. The molecule has 36 heavy (non-hydrogen) atoms. The molecule has 0 saturated heterocycles. The van der Waals surface area contributed by atoms with Crippen LogP contribution in [0.5, 0.6) is 0 Å². The number of fused-ring (bicyclic) bond motifs is 10. The first-order valence-electron chi connectivity index (χ1n) is 12.6. The quantitative estimate of drug-likeness (QED) is 0.263. The van der Waals surface area contributed by atoms with Gasteiger partial charge in [0.2, 0.25) is 0 Å². The predicted octanol–water partition coefficient (Wildman–Crippen LogP) is 7.86. The lowest BCUT2D eigenvalue weighted by atomic mass is 9.70. The first-order valence-corrected chi connectivity index (χ1v) is 12.6. The highest BCUT2D eigenvalue weighted by Gasteiger charge is 2.51. The number of hydrogen-bond donors (Lipinski definition) is 0. The van der Waals surface area contributed by atoms with Crippen LogP contribution in [0.15, 0.2) is 115 Å². The highest BCUT2D eigenvalue weighted by Crippen LogP contribution is 2.62. The molecule has 174 valence electrons. The van der Waals surface area contributed by atoms with E-state index in [1.54, 1.807) is 0 Å². The SMILES string of the molecule is CN(C)c1cccc(N(C)c2ccc3c(c2)-c2ccccc2C32c3ccccc3-c3ccccc32)c1. The summed E-state index contributed by atoms with van der Waals surface area (Å²) in [6.45, 7) is 0. The van der Waals surface area contributed by atoms with E-state index in [4.69, 9.17) is 0 Å². The van der Waals surface area contributed by atoms with Crippen molar-refractivity contribution in [2.24, 2.45) is 0 Å². The van der Waals surface area contributed by atoms with Crippen molar-refractivity contribution in [3.63, 3.8) is 0 Å². The van der Waals surface area contributed by atoms with Crippen molar-refractivity contribution >= 4 is 17.1 Å². The molecule has 2 aliphatic rings. The van der Waals surface area contributed by atoms with Gasteiger partial charge in [-0.05, 0) is 74.8 Å². The molecule has 2 aliphatic carbocycles. The number of anilines is 3. The molecule has 2 heteroatoms. The molecule has 0 heterocycles. The second-order valence-corrected chi connectivity index (χ2v) is 10.1. The molecule has 0 saturated carbocycles. The first kappa shape index (κ1) is 21.0. The van der Waals surface area contributed by atoms with Gasteiger partial charge in [0.15, 0.2) is 0 Å². The molecular formula is C34H28N2. The van der Waals surface area contributed by atoms with Crippen LogP contribution in [0.4, 0.5) is 17.1 Å². The molecule has 1 spiro atoms. The standard InChI is InChI=1S/C34H28N2/c1-35(2)23-11-10-12-24(21-23)36(3)25-19-20-33-29(22-25)28-15-6-9-18-32(28)34(33)30-16-7-4-13-26(30)27-14-5-8-17-31(27)34/h4-22H,1-3H3. The second kappa shape index (κ2) is 7.60. The van der Waals surface area contributed by atoms with Crippen LogP contribution >= 0.6 is 0 Å². The Morgan fingerprint density at radius 2 is 0.889 bits per heavy atom. The van der Waals surface area contributed by atoms with E-state index in [-0.39, 0.29) is 5.41 Å². The first-order chi connectivity index (χ1) is 17.6. The Morgan fingerprint density at radius 1 is 0.417 bits per heavy atom. The maximum Gasteiger partial charge on any atom is 0.0725 e. The number of nitrogens with zero attached hydrogens (tertiary/aromatic N) is 2. The van der Waals surface area contributed by atoms with Crippen molar-refractivity contribution in [2.75, 3.05) is 30.9 Å². The summed E-state index contributed by atoms with van der Waals surface area (Å²) in [4.78, 5) is 4.44. The average Bonchev–Trinajstić information content (AvgIpc) is 3.40. The second-order valence-electron chi connectivity index (χ2n) is 10.1. The Hall–Kier alpha value is -4.30. The Kier molecular flexibility index (Phi) is 4.44. The molecule has 0 radical (unpaired) electrons. The fourth-order valence-corrected chi connectivity index (χ4v) is 6.43. The van der Waals surface area contributed by atoms with Crippen LogP contribution in [0, 0.1) is 0 Å². The van der Waals surface area contributed by atoms with Crippen LogP contribution in [-0.2, 0) is 5.41 Å². The topological polar surface area (TPSA) is 6.48 Å². The monoisotopic (exact) mass is 464 g/mol. The van der Waals surface area contributed by atoms with Crippen LogP contribution in [0.1, 0.15) is 22.3 Å². The third kappa shape index (κ3) is 2.67. The normalized spacial score (nSPS) is 13.6. The number of hydrogen-bond acceptors (Lipinski definition) is 2. The van der Waals surface area contributed by atoms with E-state index < -0.39 is 0 Å². The minimum atomic E-state index is -0.277. The molecule has 0 aromatic heterocycles.